The average Bonchev–Trinajstić information content (AvgIpc) is 2.25. The first-order valence-corrected chi connectivity index (χ1v) is 5.36. The van der Waals surface area contributed by atoms with Gasteiger partial charge in [-0.2, -0.15) is 13.2 Å². The number of nitrogens with zero attached hydrogens (tertiary/aromatic N) is 1. The van der Waals surface area contributed by atoms with Crippen molar-refractivity contribution in [1.29, 1.82) is 0 Å². The molecule has 0 saturated heterocycles. The highest BCUT2D eigenvalue weighted by atomic mass is 19.4. The van der Waals surface area contributed by atoms with E-state index in [2.05, 4.69) is 0 Å². The van der Waals surface area contributed by atoms with Gasteiger partial charge in [0.15, 0.2) is 0 Å². The summed E-state index contributed by atoms with van der Waals surface area (Å²) in [6.45, 7) is 2.75. The smallest absolute Gasteiger partial charge is 0.331 e. The Morgan fingerprint density at radius 3 is 1.94 bits per heavy atom. The summed E-state index contributed by atoms with van der Waals surface area (Å²) in [5, 5.41) is 0. The Morgan fingerprint density at radius 2 is 1.56 bits per heavy atom. The van der Waals surface area contributed by atoms with Crippen molar-refractivity contribution in [1.82, 2.24) is 4.81 Å². The minimum atomic E-state index is -4.23. The van der Waals surface area contributed by atoms with E-state index in [1.165, 1.54) is 16.9 Å². The third kappa shape index (κ3) is 3.01. The summed E-state index contributed by atoms with van der Waals surface area (Å²) < 4.78 is 39.0. The Morgan fingerprint density at radius 1 is 1.06 bits per heavy atom. The molecule has 0 aromatic heterocycles. The van der Waals surface area contributed by atoms with E-state index in [0.29, 0.717) is 18.6 Å². The number of alkyl halides is 3. The molecule has 0 spiro atoms. The summed E-state index contributed by atoms with van der Waals surface area (Å²) in [6, 6.07) is 8.04. The highest BCUT2D eigenvalue weighted by Crippen LogP contribution is 2.21. The van der Waals surface area contributed by atoms with E-state index < -0.39 is 12.9 Å². The molecule has 0 fully saturated rings. The zero-order valence-corrected chi connectivity index (χ0v) is 9.46. The molecule has 1 rings (SSSR count). The van der Waals surface area contributed by atoms with Gasteiger partial charge in [-0.3, -0.25) is 0 Å². The van der Waals surface area contributed by atoms with Crippen molar-refractivity contribution < 1.29 is 13.2 Å². The fourth-order valence-electron chi connectivity index (χ4n) is 1.83. The summed E-state index contributed by atoms with van der Waals surface area (Å²) >= 11 is 0. The predicted octanol–water partition coefficient (Wildman–Crippen LogP) is 2.33. The predicted molar refractivity (Wildman–Crippen MR) is 60.8 cm³/mol. The molecule has 88 valence electrons. The van der Waals surface area contributed by atoms with Gasteiger partial charge in [0.05, 0.1) is 0 Å². The molecular formula is C11H15BF3N. The van der Waals surface area contributed by atoms with E-state index in [4.69, 9.17) is 0 Å². The van der Waals surface area contributed by atoms with Crippen LogP contribution < -0.4 is 5.46 Å². The van der Waals surface area contributed by atoms with Crippen LogP contribution in [0.2, 0.25) is 0 Å². The highest BCUT2D eigenvalue weighted by molar-refractivity contribution is 6.72. The van der Waals surface area contributed by atoms with Crippen LogP contribution in [0, 0.1) is 0 Å². The zero-order valence-electron chi connectivity index (χ0n) is 9.46. The molecule has 0 aliphatic heterocycles. The minimum Gasteiger partial charge on any atom is -0.331 e. The second kappa shape index (κ2) is 5.39. The Labute approximate surface area is 94.4 Å². The van der Waals surface area contributed by atoms with Crippen molar-refractivity contribution >= 4 is 12.3 Å². The maximum absolute atomic E-state index is 13.0. The van der Waals surface area contributed by atoms with Crippen LogP contribution in [0.25, 0.3) is 0 Å². The summed E-state index contributed by atoms with van der Waals surface area (Å²) in [4.78, 5) is 1.41. The lowest BCUT2D eigenvalue weighted by molar-refractivity contribution is -0.0567. The molecule has 0 unspecified atom stereocenters. The standard InChI is InChI=1S/C11H15BF3N/c1-3-16(4-2)12(11(13,14)15)10-8-6-5-7-9-10/h5-9H,3-4H2,1-2H3. The van der Waals surface area contributed by atoms with Crippen LogP contribution in [0.4, 0.5) is 13.2 Å². The number of rotatable bonds is 4. The topological polar surface area (TPSA) is 3.24 Å². The van der Waals surface area contributed by atoms with Crippen LogP contribution >= 0.6 is 0 Å². The van der Waals surface area contributed by atoms with Crippen molar-refractivity contribution in [2.75, 3.05) is 13.1 Å². The molecule has 0 N–H and O–H groups in total. The molecule has 0 atom stereocenters. The fourth-order valence-corrected chi connectivity index (χ4v) is 1.83. The number of hydrogen-bond acceptors (Lipinski definition) is 1. The van der Waals surface area contributed by atoms with Gasteiger partial charge in [0.25, 0.3) is 0 Å². The van der Waals surface area contributed by atoms with Gasteiger partial charge >= 0.3 is 12.9 Å². The minimum absolute atomic E-state index is 0.304. The van der Waals surface area contributed by atoms with E-state index in [9.17, 15) is 13.2 Å². The molecule has 0 heterocycles. The van der Waals surface area contributed by atoms with E-state index in [0.717, 1.165) is 0 Å². The first-order chi connectivity index (χ1) is 7.50. The third-order valence-corrected chi connectivity index (χ3v) is 2.60. The van der Waals surface area contributed by atoms with Gasteiger partial charge in [0, 0.05) is 0 Å². The molecule has 1 aromatic carbocycles. The van der Waals surface area contributed by atoms with Gasteiger partial charge in [0.2, 0.25) is 0 Å². The monoisotopic (exact) mass is 229 g/mol. The van der Waals surface area contributed by atoms with Crippen molar-refractivity contribution in [3.8, 4) is 0 Å². The maximum Gasteiger partial charge on any atom is 0.386 e. The lowest BCUT2D eigenvalue weighted by Gasteiger charge is -2.28. The van der Waals surface area contributed by atoms with E-state index in [-0.39, 0.29) is 0 Å². The zero-order chi connectivity index (χ0) is 12.2. The molecular weight excluding hydrogens is 214 g/mol. The Balaban J connectivity index is 3.06. The van der Waals surface area contributed by atoms with Crippen molar-refractivity contribution in [2.24, 2.45) is 0 Å². The quantitative estimate of drug-likeness (QED) is 0.716. The first kappa shape index (κ1) is 13.1. The van der Waals surface area contributed by atoms with Crippen molar-refractivity contribution in [3.63, 3.8) is 0 Å². The largest absolute Gasteiger partial charge is 0.386 e. The van der Waals surface area contributed by atoms with E-state index in [1.54, 1.807) is 32.0 Å². The van der Waals surface area contributed by atoms with Gasteiger partial charge in [0.1, 0.15) is 0 Å². The summed E-state index contributed by atoms with van der Waals surface area (Å²) in [7, 11) is 0. The highest BCUT2D eigenvalue weighted by Gasteiger charge is 2.48. The SMILES string of the molecule is CCN(CC)B(c1ccccc1)C(F)(F)F. The van der Waals surface area contributed by atoms with Crippen LogP contribution in [0.5, 0.6) is 0 Å². The van der Waals surface area contributed by atoms with Gasteiger partial charge in [-0.1, -0.05) is 49.6 Å². The van der Waals surface area contributed by atoms with Gasteiger partial charge < -0.3 is 4.81 Å². The number of benzene rings is 1. The molecule has 0 amide bonds. The molecule has 0 saturated carbocycles. The molecule has 0 radical (unpaired) electrons. The Bertz CT molecular complexity index is 309. The summed E-state index contributed by atoms with van der Waals surface area (Å²) in [5.74, 6) is 0. The Kier molecular flexibility index (Phi) is 4.41. The fraction of sp³-hybridized carbons (Fsp3) is 0.455. The molecule has 0 aliphatic carbocycles. The lowest BCUT2D eigenvalue weighted by atomic mass is 9.53. The molecule has 1 nitrogen and oxygen atoms in total. The molecule has 1 aromatic rings. The molecule has 5 heteroatoms. The molecule has 0 bridgehead atoms. The van der Waals surface area contributed by atoms with E-state index in [1.807, 2.05) is 0 Å². The van der Waals surface area contributed by atoms with Crippen LogP contribution in [0.1, 0.15) is 13.8 Å². The second-order valence-electron chi connectivity index (χ2n) is 3.58. The summed E-state index contributed by atoms with van der Waals surface area (Å²) in [5.41, 5.74) is 0.304. The van der Waals surface area contributed by atoms with E-state index >= 15 is 0 Å². The second-order valence-corrected chi connectivity index (χ2v) is 3.58. The van der Waals surface area contributed by atoms with Crippen LogP contribution in [0.3, 0.4) is 0 Å². The lowest BCUT2D eigenvalue weighted by Crippen LogP contribution is -2.58. The Hall–Kier alpha value is -0.965. The normalized spacial score (nSPS) is 11.9. The van der Waals surface area contributed by atoms with Crippen LogP contribution in [-0.4, -0.2) is 30.8 Å². The van der Waals surface area contributed by atoms with Crippen molar-refractivity contribution in [3.05, 3.63) is 30.3 Å². The average molecular weight is 229 g/mol. The first-order valence-electron chi connectivity index (χ1n) is 5.36. The number of halogens is 3. The van der Waals surface area contributed by atoms with Crippen LogP contribution in [0.15, 0.2) is 30.3 Å². The van der Waals surface area contributed by atoms with Gasteiger partial charge in [-0.25, -0.2) is 0 Å². The summed E-state index contributed by atoms with van der Waals surface area (Å²) in [6.07, 6.45) is -4.23. The molecule has 0 aliphatic rings. The maximum atomic E-state index is 13.0. The van der Waals surface area contributed by atoms with Gasteiger partial charge in [-0.15, -0.1) is 0 Å². The van der Waals surface area contributed by atoms with Crippen LogP contribution in [-0.2, 0) is 0 Å². The third-order valence-electron chi connectivity index (χ3n) is 2.60. The molecule has 16 heavy (non-hydrogen) atoms. The number of hydrogen-bond donors (Lipinski definition) is 0. The van der Waals surface area contributed by atoms with Crippen molar-refractivity contribution in [2.45, 2.75) is 19.9 Å². The van der Waals surface area contributed by atoms with Gasteiger partial charge in [-0.05, 0) is 13.1 Å².